The lowest BCUT2D eigenvalue weighted by atomic mass is 10.3. The summed E-state index contributed by atoms with van der Waals surface area (Å²) in [6.45, 7) is 20.9. The lowest BCUT2D eigenvalue weighted by Gasteiger charge is -2.33. The van der Waals surface area contributed by atoms with E-state index in [1.165, 1.54) is 0 Å². The molecule has 21 heavy (non-hydrogen) atoms. The molecule has 124 valence electrons. The van der Waals surface area contributed by atoms with Gasteiger partial charge in [0, 0.05) is 5.57 Å². The molecule has 0 aromatic rings. The molecule has 0 saturated heterocycles. The lowest BCUT2D eigenvalue weighted by molar-refractivity contribution is -0.139. The Labute approximate surface area is 134 Å². The maximum Gasteiger partial charge on any atom is 0.333 e. The van der Waals surface area contributed by atoms with Crippen molar-refractivity contribution in [2.24, 2.45) is 0 Å². The fraction of sp³-hybridized carbons (Fsp3) is 0.786. The monoisotopic (exact) mass is 348 g/mol. The highest BCUT2D eigenvalue weighted by molar-refractivity contribution is 6.81. The van der Waals surface area contributed by atoms with Crippen molar-refractivity contribution in [3.8, 4) is 0 Å². The van der Waals surface area contributed by atoms with Gasteiger partial charge in [-0.3, -0.25) is 0 Å². The molecule has 0 fully saturated rings. The summed E-state index contributed by atoms with van der Waals surface area (Å²) < 4.78 is 17.8. The zero-order valence-electron chi connectivity index (χ0n) is 14.9. The molecule has 0 heterocycles. The van der Waals surface area contributed by atoms with Crippen molar-refractivity contribution in [2.45, 2.75) is 65.1 Å². The van der Waals surface area contributed by atoms with Gasteiger partial charge in [0.25, 0.3) is 0 Å². The Hall–Kier alpha value is -0.219. The molecule has 7 heteroatoms. The quantitative estimate of drug-likeness (QED) is 0.361. The molecule has 0 aromatic heterocycles. The van der Waals surface area contributed by atoms with Gasteiger partial charge < -0.3 is 13.0 Å². The predicted molar refractivity (Wildman–Crippen MR) is 95.8 cm³/mol. The minimum absolute atomic E-state index is 0.321. The van der Waals surface area contributed by atoms with Crippen LogP contribution in [0, 0.1) is 0 Å². The second-order valence-electron chi connectivity index (χ2n) is 7.51. The number of carbonyl (C=O) groups excluding carboxylic acids is 1. The van der Waals surface area contributed by atoms with Gasteiger partial charge in [0.1, 0.15) is 0 Å². The number of rotatable bonds is 9. The van der Waals surface area contributed by atoms with Crippen molar-refractivity contribution in [1.82, 2.24) is 0 Å². The molecule has 0 aliphatic carbocycles. The summed E-state index contributed by atoms with van der Waals surface area (Å²) in [4.78, 5) is 11.4. The second-order valence-corrected chi connectivity index (χ2v) is 19.7. The van der Waals surface area contributed by atoms with Crippen LogP contribution in [0.4, 0.5) is 0 Å². The highest BCUT2D eigenvalue weighted by atomic mass is 28.4. The first kappa shape index (κ1) is 20.8. The van der Waals surface area contributed by atoms with E-state index in [4.69, 9.17) is 13.0 Å². The third kappa shape index (κ3) is 11.1. The summed E-state index contributed by atoms with van der Waals surface area (Å²) in [5, 5.41) is 0. The van der Waals surface area contributed by atoms with Crippen LogP contribution >= 0.6 is 0 Å². The summed E-state index contributed by atoms with van der Waals surface area (Å²) in [5.41, 5.74) is 0.759. The van der Waals surface area contributed by atoms with Crippen LogP contribution in [-0.4, -0.2) is 38.5 Å². The fourth-order valence-corrected chi connectivity index (χ4v) is 10.0. The van der Waals surface area contributed by atoms with E-state index < -0.39 is 25.9 Å². The maximum atomic E-state index is 11.4. The zero-order valence-corrected chi connectivity index (χ0v) is 18.1. The van der Waals surface area contributed by atoms with Crippen molar-refractivity contribution in [3.05, 3.63) is 12.2 Å². The summed E-state index contributed by atoms with van der Waals surface area (Å²) in [7, 11) is -5.01. The molecule has 0 N–H and O–H groups in total. The Balaban J connectivity index is 4.54. The van der Waals surface area contributed by atoms with Crippen LogP contribution in [0.2, 0.25) is 44.8 Å². The van der Waals surface area contributed by atoms with Crippen molar-refractivity contribution >= 4 is 31.9 Å². The van der Waals surface area contributed by atoms with Gasteiger partial charge in [-0.2, -0.15) is 0 Å². The molecule has 0 aromatic carbocycles. The Morgan fingerprint density at radius 1 is 1.10 bits per heavy atom. The zero-order chi connectivity index (χ0) is 16.8. The average molecular weight is 349 g/mol. The molecular formula is C14H32O4Si3. The molecule has 1 atom stereocenters. The molecular weight excluding hydrogens is 316 g/mol. The highest BCUT2D eigenvalue weighted by Crippen LogP contribution is 2.23. The van der Waals surface area contributed by atoms with Crippen LogP contribution in [0.25, 0.3) is 0 Å². The van der Waals surface area contributed by atoms with Crippen LogP contribution < -0.4 is 0 Å². The van der Waals surface area contributed by atoms with Gasteiger partial charge in [-0.1, -0.05) is 13.5 Å². The average Bonchev–Trinajstić information content (AvgIpc) is 2.23. The third-order valence-corrected chi connectivity index (χ3v) is 11.3. The second kappa shape index (κ2) is 8.42. The van der Waals surface area contributed by atoms with E-state index in [-0.39, 0.29) is 5.97 Å². The van der Waals surface area contributed by atoms with E-state index >= 15 is 0 Å². The number of hydrogen-bond donors (Lipinski definition) is 0. The predicted octanol–water partition coefficient (Wildman–Crippen LogP) is 3.81. The summed E-state index contributed by atoms with van der Waals surface area (Å²) in [5.74, 6) is -0.322. The highest BCUT2D eigenvalue weighted by Gasteiger charge is 2.32. The Morgan fingerprint density at radius 2 is 1.52 bits per heavy atom. The SMILES string of the molecule is C=C(C)C(=O)OCCC(C)[SiH](O[Si](C)(C)C)O[Si](C)(C)C. The molecule has 0 radical (unpaired) electrons. The molecule has 0 saturated carbocycles. The van der Waals surface area contributed by atoms with Gasteiger partial charge in [-0.25, -0.2) is 4.79 Å². The normalized spacial score (nSPS) is 14.1. The van der Waals surface area contributed by atoms with Gasteiger partial charge in [-0.05, 0) is 58.2 Å². The molecule has 1 unspecified atom stereocenters. The van der Waals surface area contributed by atoms with E-state index in [2.05, 4.69) is 52.8 Å². The van der Waals surface area contributed by atoms with Gasteiger partial charge in [0.15, 0.2) is 16.6 Å². The molecule has 0 rings (SSSR count). The van der Waals surface area contributed by atoms with Crippen molar-refractivity contribution in [2.75, 3.05) is 6.61 Å². The van der Waals surface area contributed by atoms with Crippen LogP contribution in [0.1, 0.15) is 20.3 Å². The van der Waals surface area contributed by atoms with Gasteiger partial charge in [-0.15, -0.1) is 0 Å². The Morgan fingerprint density at radius 3 is 1.86 bits per heavy atom. The molecule has 0 bridgehead atoms. The minimum Gasteiger partial charge on any atom is -0.462 e. The number of hydrogen-bond acceptors (Lipinski definition) is 4. The van der Waals surface area contributed by atoms with E-state index in [0.29, 0.717) is 17.7 Å². The largest absolute Gasteiger partial charge is 0.462 e. The first-order valence-electron chi connectivity index (χ1n) is 7.50. The Kier molecular flexibility index (Phi) is 8.33. The summed E-state index contributed by atoms with van der Waals surface area (Å²) in [6.07, 6.45) is 0.783. The molecule has 0 spiro atoms. The maximum absolute atomic E-state index is 11.4. The fourth-order valence-electron chi connectivity index (χ4n) is 1.55. The number of ether oxygens (including phenoxy) is 1. The van der Waals surface area contributed by atoms with E-state index in [9.17, 15) is 4.79 Å². The molecule has 4 nitrogen and oxygen atoms in total. The summed E-state index contributed by atoms with van der Waals surface area (Å²) >= 11 is 0. The van der Waals surface area contributed by atoms with Gasteiger partial charge >= 0.3 is 15.3 Å². The number of carbonyl (C=O) groups is 1. The topological polar surface area (TPSA) is 44.8 Å². The lowest BCUT2D eigenvalue weighted by Crippen LogP contribution is -2.45. The van der Waals surface area contributed by atoms with Gasteiger partial charge in [0.05, 0.1) is 6.61 Å². The van der Waals surface area contributed by atoms with E-state index in [1.807, 2.05) is 0 Å². The molecule has 0 amide bonds. The minimum atomic E-state index is -1.76. The van der Waals surface area contributed by atoms with Crippen molar-refractivity contribution in [1.29, 1.82) is 0 Å². The molecule has 0 aliphatic rings. The van der Waals surface area contributed by atoms with Crippen LogP contribution in [-0.2, 0) is 17.8 Å². The first-order chi connectivity index (χ1) is 9.32. The van der Waals surface area contributed by atoms with Crippen LogP contribution in [0.5, 0.6) is 0 Å². The van der Waals surface area contributed by atoms with E-state index in [0.717, 1.165) is 6.42 Å². The van der Waals surface area contributed by atoms with E-state index in [1.54, 1.807) is 6.92 Å². The van der Waals surface area contributed by atoms with Crippen molar-refractivity contribution in [3.63, 3.8) is 0 Å². The first-order valence-corrected chi connectivity index (χ1v) is 15.9. The third-order valence-electron chi connectivity index (χ3n) is 2.56. The van der Waals surface area contributed by atoms with Crippen LogP contribution in [0.15, 0.2) is 12.2 Å². The summed E-state index contributed by atoms with van der Waals surface area (Å²) in [6, 6.07) is 0. The van der Waals surface area contributed by atoms with Crippen LogP contribution in [0.3, 0.4) is 0 Å². The van der Waals surface area contributed by atoms with Gasteiger partial charge in [0.2, 0.25) is 0 Å². The van der Waals surface area contributed by atoms with Crippen molar-refractivity contribution < 1.29 is 17.8 Å². The Bertz CT molecular complexity index is 342. The molecule has 0 aliphatic heterocycles. The smallest absolute Gasteiger partial charge is 0.333 e. The number of esters is 1. The standard InChI is InChI=1S/C14H32O4Si3/c1-12(2)14(15)16-11-10-13(3)19(17-20(4,5)6)18-21(7,8)9/h13,19H,1,10-11H2,2-9H3.